The maximum atomic E-state index is 12.5. The molecule has 0 radical (unpaired) electrons. The Kier molecular flexibility index (Phi) is 6.70. The van der Waals surface area contributed by atoms with E-state index in [2.05, 4.69) is 17.1 Å². The van der Waals surface area contributed by atoms with Gasteiger partial charge in [0, 0.05) is 12.6 Å². The Morgan fingerprint density at radius 2 is 1.86 bits per heavy atom. The fourth-order valence-electron chi connectivity index (χ4n) is 6.82. The highest BCUT2D eigenvalue weighted by Gasteiger charge is 2.49. The fourth-order valence-corrected chi connectivity index (χ4v) is 6.82. The van der Waals surface area contributed by atoms with Crippen LogP contribution in [0.25, 0.3) is 11.0 Å². The topological polar surface area (TPSA) is 82.8 Å². The van der Waals surface area contributed by atoms with Crippen molar-refractivity contribution in [3.63, 3.8) is 0 Å². The van der Waals surface area contributed by atoms with Crippen LogP contribution in [0, 0.1) is 23.7 Å². The fraction of sp³-hybridized carbons (Fsp3) is 0.533. The van der Waals surface area contributed by atoms with Crippen LogP contribution in [0.5, 0.6) is 23.0 Å². The van der Waals surface area contributed by atoms with E-state index in [0.717, 1.165) is 64.8 Å². The van der Waals surface area contributed by atoms with E-state index in [1.165, 1.54) is 50.3 Å². The molecule has 6 rings (SSSR count). The molecule has 1 N–H and O–H groups in total. The van der Waals surface area contributed by atoms with Crippen molar-refractivity contribution in [2.75, 3.05) is 20.3 Å². The van der Waals surface area contributed by atoms with E-state index in [-0.39, 0.29) is 11.3 Å². The van der Waals surface area contributed by atoms with Crippen molar-refractivity contribution in [2.24, 2.45) is 23.7 Å². The molecule has 0 saturated heterocycles. The zero-order valence-electron chi connectivity index (χ0n) is 21.5. The second kappa shape index (κ2) is 10.3. The number of nitrogens with zero attached hydrogens (tertiary/aromatic N) is 2. The Morgan fingerprint density at radius 3 is 2.68 bits per heavy atom. The summed E-state index contributed by atoms with van der Waals surface area (Å²) >= 11 is 0. The predicted molar refractivity (Wildman–Crippen MR) is 142 cm³/mol. The summed E-state index contributed by atoms with van der Waals surface area (Å²) in [5.41, 5.74) is 2.64. The first-order valence-electron chi connectivity index (χ1n) is 13.8. The first-order chi connectivity index (χ1) is 18.1. The van der Waals surface area contributed by atoms with Gasteiger partial charge in [-0.3, -0.25) is 4.79 Å². The molecule has 196 valence electrons. The lowest BCUT2D eigenvalue weighted by Gasteiger charge is -2.21. The van der Waals surface area contributed by atoms with Crippen molar-refractivity contribution in [1.29, 1.82) is 0 Å². The Labute approximate surface area is 217 Å². The standard InChI is InChI=1S/C30H36N2O5/c1-35-27-15-20(16-28-30(27)37-14-13-36-28)4-2-3-19-5-8-22-23(9-6-19)24(22)11-12-32-26-17-21(33)7-10-25(26)31-18-29(32)34/h7,10,15-19,22-24,33H,2-6,8-9,11-14H2,1H3. The zero-order chi connectivity index (χ0) is 25.4. The molecule has 7 heteroatoms. The van der Waals surface area contributed by atoms with E-state index in [4.69, 9.17) is 14.2 Å². The highest BCUT2D eigenvalue weighted by atomic mass is 16.6. The van der Waals surface area contributed by atoms with E-state index in [9.17, 15) is 9.90 Å². The summed E-state index contributed by atoms with van der Waals surface area (Å²) in [5.74, 6) is 5.63. The molecule has 2 atom stereocenters. The summed E-state index contributed by atoms with van der Waals surface area (Å²) in [7, 11) is 1.68. The highest BCUT2D eigenvalue weighted by Crippen LogP contribution is 2.57. The number of methoxy groups -OCH3 is 1. The number of hydrogen-bond donors (Lipinski definition) is 1. The Balaban J connectivity index is 0.992. The van der Waals surface area contributed by atoms with Gasteiger partial charge in [0.2, 0.25) is 5.75 Å². The minimum Gasteiger partial charge on any atom is -0.508 e. The van der Waals surface area contributed by atoms with Crippen LogP contribution in [0.4, 0.5) is 0 Å². The van der Waals surface area contributed by atoms with Crippen LogP contribution in [0.1, 0.15) is 50.5 Å². The van der Waals surface area contributed by atoms with E-state index < -0.39 is 0 Å². The van der Waals surface area contributed by atoms with Gasteiger partial charge in [0.05, 0.1) is 24.3 Å². The average molecular weight is 505 g/mol. The van der Waals surface area contributed by atoms with Crippen molar-refractivity contribution in [3.8, 4) is 23.0 Å². The molecule has 2 saturated carbocycles. The van der Waals surface area contributed by atoms with Crippen LogP contribution >= 0.6 is 0 Å². The normalized spacial score (nSPS) is 24.4. The number of aromatic hydroxyl groups is 1. The molecular weight excluding hydrogens is 468 g/mol. The SMILES string of the molecule is COc1cc(CCCC2CCC3C(CC2)C3CCn2c(=O)cnc3ccc(O)cc32)cc2c1OCCO2. The summed E-state index contributed by atoms with van der Waals surface area (Å²) in [6.45, 7) is 1.85. The smallest absolute Gasteiger partial charge is 0.269 e. The monoisotopic (exact) mass is 504 g/mol. The third kappa shape index (κ3) is 5.00. The predicted octanol–water partition coefficient (Wildman–Crippen LogP) is 5.35. The Hall–Kier alpha value is -3.22. The minimum atomic E-state index is -0.0883. The third-order valence-electron chi connectivity index (χ3n) is 8.81. The molecule has 2 aromatic carbocycles. The van der Waals surface area contributed by atoms with Crippen LogP contribution in [-0.2, 0) is 13.0 Å². The number of phenols is 1. The molecule has 0 amide bonds. The van der Waals surface area contributed by atoms with Gasteiger partial charge in [-0.25, -0.2) is 4.98 Å². The molecule has 2 fully saturated rings. The van der Waals surface area contributed by atoms with Crippen LogP contribution in [0.15, 0.2) is 41.3 Å². The van der Waals surface area contributed by atoms with Crippen LogP contribution < -0.4 is 19.8 Å². The van der Waals surface area contributed by atoms with Gasteiger partial charge in [0.25, 0.3) is 5.56 Å². The number of aromatic nitrogens is 2. The van der Waals surface area contributed by atoms with Crippen molar-refractivity contribution >= 4 is 11.0 Å². The Bertz CT molecular complexity index is 1300. The second-order valence-electron chi connectivity index (χ2n) is 10.9. The van der Waals surface area contributed by atoms with E-state index in [1.54, 1.807) is 29.9 Å². The number of benzene rings is 2. The molecular formula is C30H36N2O5. The second-order valence-corrected chi connectivity index (χ2v) is 10.9. The van der Waals surface area contributed by atoms with Crippen LogP contribution in [0.2, 0.25) is 0 Å². The van der Waals surface area contributed by atoms with Gasteiger partial charge < -0.3 is 23.9 Å². The van der Waals surface area contributed by atoms with Crippen LogP contribution in [0.3, 0.4) is 0 Å². The molecule has 0 spiro atoms. The van der Waals surface area contributed by atoms with Gasteiger partial charge in [-0.15, -0.1) is 0 Å². The van der Waals surface area contributed by atoms with Gasteiger partial charge in [-0.1, -0.05) is 19.3 Å². The van der Waals surface area contributed by atoms with Gasteiger partial charge in [-0.05, 0) is 85.6 Å². The zero-order valence-corrected chi connectivity index (χ0v) is 21.5. The Morgan fingerprint density at radius 1 is 1.05 bits per heavy atom. The first-order valence-corrected chi connectivity index (χ1v) is 13.8. The van der Waals surface area contributed by atoms with Crippen molar-refractivity contribution in [3.05, 3.63) is 52.4 Å². The molecule has 1 aliphatic heterocycles. The summed E-state index contributed by atoms with van der Waals surface area (Å²) in [4.78, 5) is 16.7. The first kappa shape index (κ1) is 24.1. The number of phenolic OH excluding ortho intramolecular Hbond substituents is 1. The highest BCUT2D eigenvalue weighted by molar-refractivity contribution is 5.76. The molecule has 3 aromatic rings. The molecule has 0 bridgehead atoms. The number of fused-ring (bicyclic) bond motifs is 3. The molecule has 2 aliphatic carbocycles. The summed E-state index contributed by atoms with van der Waals surface area (Å²) < 4.78 is 18.8. The summed E-state index contributed by atoms with van der Waals surface area (Å²) in [6, 6.07) is 9.25. The maximum Gasteiger partial charge on any atom is 0.269 e. The number of ether oxygens (including phenoxy) is 3. The van der Waals surface area contributed by atoms with Crippen molar-refractivity contribution < 1.29 is 19.3 Å². The molecule has 1 aromatic heterocycles. The average Bonchev–Trinajstić information content (AvgIpc) is 3.63. The van der Waals surface area contributed by atoms with Crippen molar-refractivity contribution in [1.82, 2.24) is 9.55 Å². The minimum absolute atomic E-state index is 0.0883. The van der Waals surface area contributed by atoms with Gasteiger partial charge in [0.15, 0.2) is 11.5 Å². The van der Waals surface area contributed by atoms with Gasteiger partial charge >= 0.3 is 0 Å². The van der Waals surface area contributed by atoms with E-state index in [1.807, 2.05) is 0 Å². The molecule has 7 nitrogen and oxygen atoms in total. The summed E-state index contributed by atoms with van der Waals surface area (Å²) in [5, 5.41) is 9.90. The molecule has 2 unspecified atom stereocenters. The number of aryl methyl sites for hydroxylation is 2. The molecule has 37 heavy (non-hydrogen) atoms. The maximum absolute atomic E-state index is 12.5. The van der Waals surface area contributed by atoms with Gasteiger partial charge in [-0.2, -0.15) is 0 Å². The molecule has 3 aliphatic rings. The van der Waals surface area contributed by atoms with Crippen LogP contribution in [-0.4, -0.2) is 35.0 Å². The van der Waals surface area contributed by atoms with Gasteiger partial charge in [0.1, 0.15) is 19.0 Å². The lowest BCUT2D eigenvalue weighted by molar-refractivity contribution is 0.165. The number of hydrogen-bond acceptors (Lipinski definition) is 6. The number of rotatable bonds is 8. The van der Waals surface area contributed by atoms with Crippen molar-refractivity contribution in [2.45, 2.75) is 57.9 Å². The van der Waals surface area contributed by atoms with E-state index >= 15 is 0 Å². The molecule has 2 heterocycles. The lowest BCUT2D eigenvalue weighted by Crippen LogP contribution is -2.21. The quantitative estimate of drug-likeness (QED) is 0.446. The summed E-state index contributed by atoms with van der Waals surface area (Å²) in [6.07, 6.45) is 11.2. The lowest BCUT2D eigenvalue weighted by atomic mass is 9.90. The van der Waals surface area contributed by atoms with E-state index in [0.29, 0.717) is 19.8 Å². The largest absolute Gasteiger partial charge is 0.508 e. The third-order valence-corrected chi connectivity index (χ3v) is 8.81.